The van der Waals surface area contributed by atoms with E-state index in [2.05, 4.69) is 34.7 Å². The zero-order valence-corrected chi connectivity index (χ0v) is 14.6. The van der Waals surface area contributed by atoms with Gasteiger partial charge in [0, 0.05) is 23.1 Å². The van der Waals surface area contributed by atoms with Crippen molar-refractivity contribution < 1.29 is 9.53 Å². The number of ether oxygens (including phenoxy) is 1. The second-order valence-corrected chi connectivity index (χ2v) is 6.88. The summed E-state index contributed by atoms with van der Waals surface area (Å²) in [6, 6.07) is 8.51. The highest BCUT2D eigenvalue weighted by Crippen LogP contribution is 2.23. The second-order valence-electron chi connectivity index (χ2n) is 6.02. The van der Waals surface area contributed by atoms with Gasteiger partial charge in [0.2, 0.25) is 0 Å². The lowest BCUT2D eigenvalue weighted by atomic mass is 9.97. The van der Waals surface area contributed by atoms with E-state index in [0.717, 1.165) is 11.0 Å². The molecule has 0 bridgehead atoms. The molecule has 1 aromatic rings. The third-order valence-corrected chi connectivity index (χ3v) is 4.94. The van der Waals surface area contributed by atoms with Gasteiger partial charge in [-0.2, -0.15) is 0 Å². The van der Waals surface area contributed by atoms with Gasteiger partial charge in [-0.15, -0.1) is 0 Å². The Morgan fingerprint density at radius 3 is 2.57 bits per heavy atom. The van der Waals surface area contributed by atoms with E-state index in [1.807, 2.05) is 25.1 Å². The Morgan fingerprint density at radius 2 is 1.95 bits per heavy atom. The van der Waals surface area contributed by atoms with Crippen molar-refractivity contribution in [2.45, 2.75) is 58.2 Å². The van der Waals surface area contributed by atoms with Gasteiger partial charge in [-0.25, -0.2) is 4.79 Å². The molecule has 21 heavy (non-hydrogen) atoms. The van der Waals surface area contributed by atoms with Gasteiger partial charge in [0.05, 0.1) is 5.56 Å². The minimum absolute atomic E-state index is 0.104. The number of hydrogen-bond acceptors (Lipinski definition) is 3. The van der Waals surface area contributed by atoms with Crippen molar-refractivity contribution in [1.29, 1.82) is 0 Å². The minimum atomic E-state index is -0.257. The lowest BCUT2D eigenvalue weighted by molar-refractivity contribution is 0.00804. The van der Waals surface area contributed by atoms with E-state index < -0.39 is 0 Å². The first-order valence-electron chi connectivity index (χ1n) is 7.70. The summed E-state index contributed by atoms with van der Waals surface area (Å²) < 4.78 is 6.39. The molecule has 1 aromatic carbocycles. The summed E-state index contributed by atoms with van der Waals surface area (Å²) in [4.78, 5) is 14.7. The summed E-state index contributed by atoms with van der Waals surface area (Å²) in [5.74, 6) is -0.257. The number of benzene rings is 1. The van der Waals surface area contributed by atoms with Gasteiger partial charge in [-0.3, -0.25) is 4.90 Å². The average Bonchev–Trinajstić information content (AvgIpc) is 2.43. The molecule has 116 valence electrons. The molecule has 0 aliphatic carbocycles. The number of esters is 1. The van der Waals surface area contributed by atoms with Crippen molar-refractivity contribution >= 4 is 21.9 Å². The highest BCUT2D eigenvalue weighted by Gasteiger charge is 2.27. The Labute approximate surface area is 135 Å². The molecule has 1 fully saturated rings. The molecule has 0 spiro atoms. The van der Waals surface area contributed by atoms with Crippen molar-refractivity contribution in [2.24, 2.45) is 0 Å². The zero-order valence-electron chi connectivity index (χ0n) is 13.0. The normalized spacial score (nSPS) is 24.6. The summed E-state index contributed by atoms with van der Waals surface area (Å²) in [5.41, 5.74) is 0.587. The van der Waals surface area contributed by atoms with Crippen LogP contribution in [-0.4, -0.2) is 35.6 Å². The quantitative estimate of drug-likeness (QED) is 0.757. The van der Waals surface area contributed by atoms with Crippen molar-refractivity contribution in [1.82, 2.24) is 4.90 Å². The Balaban J connectivity index is 1.93. The second kappa shape index (κ2) is 7.41. The third kappa shape index (κ3) is 4.30. The fourth-order valence-electron chi connectivity index (χ4n) is 3.04. The lowest BCUT2D eigenvalue weighted by Gasteiger charge is -2.40. The maximum absolute atomic E-state index is 12.2. The van der Waals surface area contributed by atoms with Crippen molar-refractivity contribution in [3.63, 3.8) is 0 Å². The molecule has 1 saturated heterocycles. The van der Waals surface area contributed by atoms with Crippen LogP contribution in [0.1, 0.15) is 50.4 Å². The van der Waals surface area contributed by atoms with Gasteiger partial charge < -0.3 is 4.74 Å². The molecule has 0 radical (unpaired) electrons. The first kappa shape index (κ1) is 16.5. The summed E-state index contributed by atoms with van der Waals surface area (Å²) in [6.07, 6.45) is 3.65. The van der Waals surface area contributed by atoms with E-state index in [-0.39, 0.29) is 12.1 Å². The smallest absolute Gasteiger partial charge is 0.339 e. The SMILES string of the molecule is C[C@@H](CN1[C@@H](C)CCC[C@@H]1C)OC(=O)c1ccccc1Br. The van der Waals surface area contributed by atoms with Crippen LogP contribution in [0.2, 0.25) is 0 Å². The van der Waals surface area contributed by atoms with Crippen LogP contribution in [0, 0.1) is 0 Å². The topological polar surface area (TPSA) is 29.5 Å². The van der Waals surface area contributed by atoms with Gasteiger partial charge >= 0.3 is 5.97 Å². The molecule has 1 aliphatic heterocycles. The highest BCUT2D eigenvalue weighted by atomic mass is 79.9. The predicted octanol–water partition coefficient (Wildman–Crippen LogP) is 4.26. The highest BCUT2D eigenvalue weighted by molar-refractivity contribution is 9.10. The molecular weight excluding hydrogens is 330 g/mol. The molecule has 0 amide bonds. The number of hydrogen-bond donors (Lipinski definition) is 0. The minimum Gasteiger partial charge on any atom is -0.458 e. The number of nitrogens with zero attached hydrogens (tertiary/aromatic N) is 1. The largest absolute Gasteiger partial charge is 0.458 e. The number of carbonyl (C=O) groups excluding carboxylic acids is 1. The van der Waals surface area contributed by atoms with E-state index in [0.29, 0.717) is 17.6 Å². The Kier molecular flexibility index (Phi) is 5.82. The molecule has 0 saturated carbocycles. The van der Waals surface area contributed by atoms with Gasteiger partial charge in [-0.05, 0) is 61.7 Å². The summed E-state index contributed by atoms with van der Waals surface area (Å²) in [5, 5.41) is 0. The molecule has 1 heterocycles. The van der Waals surface area contributed by atoms with Crippen LogP contribution in [0.25, 0.3) is 0 Å². The maximum atomic E-state index is 12.2. The van der Waals surface area contributed by atoms with Crippen LogP contribution < -0.4 is 0 Å². The van der Waals surface area contributed by atoms with Crippen molar-refractivity contribution in [2.75, 3.05) is 6.54 Å². The van der Waals surface area contributed by atoms with Crippen LogP contribution in [-0.2, 0) is 4.74 Å². The lowest BCUT2D eigenvalue weighted by Crippen LogP contribution is -2.47. The first-order chi connectivity index (χ1) is 9.99. The van der Waals surface area contributed by atoms with Crippen LogP contribution in [0.15, 0.2) is 28.7 Å². The number of rotatable bonds is 4. The molecule has 3 nitrogen and oxygen atoms in total. The van der Waals surface area contributed by atoms with Crippen molar-refractivity contribution in [3.8, 4) is 0 Å². The van der Waals surface area contributed by atoms with Gasteiger partial charge in [-0.1, -0.05) is 18.6 Å². The summed E-state index contributed by atoms with van der Waals surface area (Å²) in [7, 11) is 0. The number of likely N-dealkylation sites (tertiary alicyclic amines) is 1. The number of halogens is 1. The Hall–Kier alpha value is -0.870. The molecular formula is C17H24BrNO2. The van der Waals surface area contributed by atoms with Crippen LogP contribution >= 0.6 is 15.9 Å². The van der Waals surface area contributed by atoms with Gasteiger partial charge in [0.15, 0.2) is 0 Å². The van der Waals surface area contributed by atoms with Crippen LogP contribution in [0.3, 0.4) is 0 Å². The molecule has 2 rings (SSSR count). The van der Waals surface area contributed by atoms with E-state index in [1.165, 1.54) is 19.3 Å². The maximum Gasteiger partial charge on any atom is 0.339 e. The van der Waals surface area contributed by atoms with Gasteiger partial charge in [0.1, 0.15) is 6.10 Å². The molecule has 4 heteroatoms. The first-order valence-corrected chi connectivity index (χ1v) is 8.49. The van der Waals surface area contributed by atoms with Gasteiger partial charge in [0.25, 0.3) is 0 Å². The third-order valence-electron chi connectivity index (χ3n) is 4.25. The molecule has 1 aliphatic rings. The van der Waals surface area contributed by atoms with Crippen molar-refractivity contribution in [3.05, 3.63) is 34.3 Å². The average molecular weight is 354 g/mol. The van der Waals surface area contributed by atoms with Crippen LogP contribution in [0.5, 0.6) is 0 Å². The zero-order chi connectivity index (χ0) is 15.4. The van der Waals surface area contributed by atoms with Crippen LogP contribution in [0.4, 0.5) is 0 Å². The van der Waals surface area contributed by atoms with E-state index >= 15 is 0 Å². The fraction of sp³-hybridized carbons (Fsp3) is 0.588. The number of piperidine rings is 1. The fourth-order valence-corrected chi connectivity index (χ4v) is 3.49. The molecule has 0 N–H and O–H groups in total. The summed E-state index contributed by atoms with van der Waals surface area (Å²) in [6.45, 7) is 7.30. The van der Waals surface area contributed by atoms with E-state index in [4.69, 9.17) is 4.74 Å². The summed E-state index contributed by atoms with van der Waals surface area (Å²) >= 11 is 3.39. The monoisotopic (exact) mass is 353 g/mol. The molecule has 3 atom stereocenters. The van der Waals surface area contributed by atoms with E-state index in [1.54, 1.807) is 6.07 Å². The molecule has 0 unspecified atom stereocenters. The standard InChI is InChI=1S/C17H24BrNO2/c1-12-7-6-8-13(2)19(12)11-14(3)21-17(20)15-9-4-5-10-16(15)18/h4-5,9-10,12-14H,6-8,11H2,1-3H3/t12-,13-,14-/m0/s1. The molecule has 0 aromatic heterocycles. The Bertz CT molecular complexity index is 481. The Morgan fingerprint density at radius 1 is 1.33 bits per heavy atom. The number of carbonyl (C=O) groups is 1. The predicted molar refractivity (Wildman–Crippen MR) is 88.5 cm³/mol. The van der Waals surface area contributed by atoms with E-state index in [9.17, 15) is 4.79 Å².